The van der Waals surface area contributed by atoms with E-state index in [4.69, 9.17) is 0 Å². The summed E-state index contributed by atoms with van der Waals surface area (Å²) in [6.45, 7) is 8.39. The number of hydrogen-bond donors (Lipinski definition) is 4. The van der Waals surface area contributed by atoms with E-state index in [-0.39, 0.29) is 0 Å². The Morgan fingerprint density at radius 1 is 0.762 bits per heavy atom. The zero-order valence-corrected chi connectivity index (χ0v) is 13.8. The fraction of sp³-hybridized carbons (Fsp3) is 1.00. The Morgan fingerprint density at radius 3 is 2.24 bits per heavy atom. The van der Waals surface area contributed by atoms with Crippen molar-refractivity contribution in [2.75, 3.05) is 45.8 Å². The van der Waals surface area contributed by atoms with Gasteiger partial charge in [-0.15, -0.1) is 0 Å². The third kappa shape index (κ3) is 8.15. The van der Waals surface area contributed by atoms with E-state index in [1.165, 1.54) is 90.6 Å². The second kappa shape index (κ2) is 11.4. The standard InChI is InChI=1S/C17H36N4/c1-2-11-21-17(4-1)8-15-19-10-3-9-18-12-5-16-6-13-20-14-7-16/h16-21H,1-15H2. The zero-order valence-electron chi connectivity index (χ0n) is 13.8. The van der Waals surface area contributed by atoms with E-state index in [2.05, 4.69) is 21.3 Å². The summed E-state index contributed by atoms with van der Waals surface area (Å²) in [4.78, 5) is 0. The van der Waals surface area contributed by atoms with Gasteiger partial charge in [-0.25, -0.2) is 0 Å². The summed E-state index contributed by atoms with van der Waals surface area (Å²) < 4.78 is 0. The second-order valence-corrected chi connectivity index (χ2v) is 6.77. The van der Waals surface area contributed by atoms with Crippen molar-refractivity contribution in [3.8, 4) is 0 Å². The number of piperidine rings is 2. The van der Waals surface area contributed by atoms with E-state index in [9.17, 15) is 0 Å². The number of rotatable bonds is 10. The van der Waals surface area contributed by atoms with Crippen LogP contribution < -0.4 is 21.3 Å². The first kappa shape index (κ1) is 17.2. The Balaban J connectivity index is 1.30. The van der Waals surface area contributed by atoms with Crippen molar-refractivity contribution in [2.24, 2.45) is 5.92 Å². The minimum absolute atomic E-state index is 0.773. The lowest BCUT2D eigenvalue weighted by Crippen LogP contribution is -2.36. The van der Waals surface area contributed by atoms with Crippen LogP contribution in [-0.2, 0) is 0 Å². The number of hydrogen-bond acceptors (Lipinski definition) is 4. The highest BCUT2D eigenvalue weighted by atomic mass is 14.9. The van der Waals surface area contributed by atoms with Crippen LogP contribution >= 0.6 is 0 Å². The quantitative estimate of drug-likeness (QED) is 0.461. The molecule has 0 aromatic carbocycles. The van der Waals surface area contributed by atoms with Crippen LogP contribution in [0.25, 0.3) is 0 Å². The molecule has 4 nitrogen and oxygen atoms in total. The molecule has 2 saturated heterocycles. The molecule has 0 radical (unpaired) electrons. The molecule has 0 saturated carbocycles. The van der Waals surface area contributed by atoms with Crippen LogP contribution in [0.2, 0.25) is 0 Å². The van der Waals surface area contributed by atoms with E-state index in [0.29, 0.717) is 0 Å². The predicted octanol–water partition coefficient (Wildman–Crippen LogP) is 1.48. The molecule has 0 aliphatic carbocycles. The highest BCUT2D eigenvalue weighted by Crippen LogP contribution is 2.14. The van der Waals surface area contributed by atoms with Crippen LogP contribution in [0.3, 0.4) is 0 Å². The summed E-state index contributed by atoms with van der Waals surface area (Å²) in [5.41, 5.74) is 0. The van der Waals surface area contributed by atoms with Gasteiger partial charge in [0, 0.05) is 6.04 Å². The minimum Gasteiger partial charge on any atom is -0.317 e. The summed E-state index contributed by atoms with van der Waals surface area (Å²) in [5, 5.41) is 14.2. The normalized spacial score (nSPS) is 24.3. The molecule has 1 unspecified atom stereocenters. The lowest BCUT2D eigenvalue weighted by molar-refractivity contribution is 0.348. The predicted molar refractivity (Wildman–Crippen MR) is 90.8 cm³/mol. The molecule has 1 atom stereocenters. The van der Waals surface area contributed by atoms with Gasteiger partial charge in [0.05, 0.1) is 0 Å². The van der Waals surface area contributed by atoms with Crippen molar-refractivity contribution in [3.63, 3.8) is 0 Å². The summed E-state index contributed by atoms with van der Waals surface area (Å²) in [7, 11) is 0. The molecule has 21 heavy (non-hydrogen) atoms. The summed E-state index contributed by atoms with van der Waals surface area (Å²) in [5.74, 6) is 0.958. The Bertz CT molecular complexity index is 211. The molecule has 124 valence electrons. The van der Waals surface area contributed by atoms with Gasteiger partial charge in [-0.2, -0.15) is 0 Å². The fourth-order valence-electron chi connectivity index (χ4n) is 3.51. The van der Waals surface area contributed by atoms with Gasteiger partial charge < -0.3 is 21.3 Å². The van der Waals surface area contributed by atoms with Crippen LogP contribution in [0.5, 0.6) is 0 Å². The van der Waals surface area contributed by atoms with Crippen molar-refractivity contribution in [1.29, 1.82) is 0 Å². The summed E-state index contributed by atoms with van der Waals surface area (Å²) in [6, 6.07) is 0.773. The van der Waals surface area contributed by atoms with Gasteiger partial charge in [-0.3, -0.25) is 0 Å². The van der Waals surface area contributed by atoms with Gasteiger partial charge in [0.1, 0.15) is 0 Å². The molecular weight excluding hydrogens is 260 g/mol. The van der Waals surface area contributed by atoms with E-state index >= 15 is 0 Å². The van der Waals surface area contributed by atoms with E-state index in [0.717, 1.165) is 18.5 Å². The van der Waals surface area contributed by atoms with Crippen molar-refractivity contribution in [3.05, 3.63) is 0 Å². The first-order chi connectivity index (χ1) is 10.4. The summed E-state index contributed by atoms with van der Waals surface area (Å²) >= 11 is 0. The molecule has 0 amide bonds. The molecule has 0 bridgehead atoms. The average molecular weight is 297 g/mol. The van der Waals surface area contributed by atoms with Gasteiger partial charge >= 0.3 is 0 Å². The third-order valence-corrected chi connectivity index (χ3v) is 4.98. The van der Waals surface area contributed by atoms with E-state index < -0.39 is 0 Å². The van der Waals surface area contributed by atoms with Gasteiger partial charge in [0.2, 0.25) is 0 Å². The molecule has 2 rings (SSSR count). The second-order valence-electron chi connectivity index (χ2n) is 6.77. The smallest absolute Gasteiger partial charge is 0.00791 e. The van der Waals surface area contributed by atoms with Crippen LogP contribution in [0.1, 0.15) is 51.4 Å². The molecule has 4 N–H and O–H groups in total. The van der Waals surface area contributed by atoms with Crippen molar-refractivity contribution < 1.29 is 0 Å². The third-order valence-electron chi connectivity index (χ3n) is 4.98. The van der Waals surface area contributed by atoms with Crippen molar-refractivity contribution >= 4 is 0 Å². The molecule has 2 fully saturated rings. The van der Waals surface area contributed by atoms with Crippen LogP contribution in [0.4, 0.5) is 0 Å². The van der Waals surface area contributed by atoms with Crippen LogP contribution in [0, 0.1) is 5.92 Å². The SMILES string of the molecule is C(CNCCC1CCNCC1)CNCCC1CCCCN1. The average Bonchev–Trinajstić information content (AvgIpc) is 2.55. The lowest BCUT2D eigenvalue weighted by atomic mass is 9.95. The molecule has 4 heteroatoms. The summed E-state index contributed by atoms with van der Waals surface area (Å²) in [6.07, 6.45) is 10.8. The van der Waals surface area contributed by atoms with Gasteiger partial charge in [-0.1, -0.05) is 6.42 Å². The molecule has 2 aliphatic heterocycles. The van der Waals surface area contributed by atoms with Crippen molar-refractivity contribution in [1.82, 2.24) is 21.3 Å². The minimum atomic E-state index is 0.773. The molecule has 0 aromatic heterocycles. The monoisotopic (exact) mass is 296 g/mol. The highest BCUT2D eigenvalue weighted by molar-refractivity contribution is 4.73. The Hall–Kier alpha value is -0.160. The Labute approximate surface area is 131 Å². The lowest BCUT2D eigenvalue weighted by Gasteiger charge is -2.23. The van der Waals surface area contributed by atoms with Crippen LogP contribution in [0.15, 0.2) is 0 Å². The maximum absolute atomic E-state index is 3.61. The molecule has 0 spiro atoms. The van der Waals surface area contributed by atoms with Crippen molar-refractivity contribution in [2.45, 2.75) is 57.4 Å². The molecular formula is C17H36N4. The molecule has 2 aliphatic rings. The van der Waals surface area contributed by atoms with Gasteiger partial charge in [-0.05, 0) is 96.7 Å². The van der Waals surface area contributed by atoms with Gasteiger partial charge in [0.25, 0.3) is 0 Å². The highest BCUT2D eigenvalue weighted by Gasteiger charge is 2.12. The molecule has 0 aromatic rings. The Morgan fingerprint density at radius 2 is 1.52 bits per heavy atom. The van der Waals surface area contributed by atoms with Gasteiger partial charge in [0.15, 0.2) is 0 Å². The van der Waals surface area contributed by atoms with E-state index in [1.54, 1.807) is 0 Å². The maximum Gasteiger partial charge on any atom is 0.00791 e. The largest absolute Gasteiger partial charge is 0.317 e. The van der Waals surface area contributed by atoms with Crippen LogP contribution in [-0.4, -0.2) is 51.9 Å². The topological polar surface area (TPSA) is 48.1 Å². The molecule has 2 heterocycles. The maximum atomic E-state index is 3.61. The van der Waals surface area contributed by atoms with E-state index in [1.807, 2.05) is 0 Å². The fourth-order valence-corrected chi connectivity index (χ4v) is 3.51. The first-order valence-electron chi connectivity index (χ1n) is 9.30. The first-order valence-corrected chi connectivity index (χ1v) is 9.30. The zero-order chi connectivity index (χ0) is 14.6. The number of nitrogens with one attached hydrogen (secondary N) is 4. The Kier molecular flexibility index (Phi) is 9.35.